The van der Waals surface area contributed by atoms with E-state index >= 15 is 0 Å². The molecule has 0 bridgehead atoms. The van der Waals surface area contributed by atoms with Crippen molar-refractivity contribution in [2.75, 3.05) is 21.2 Å². The van der Waals surface area contributed by atoms with E-state index < -0.39 is 119 Å². The van der Waals surface area contributed by atoms with Gasteiger partial charge in [-0.2, -0.15) is 0 Å². The van der Waals surface area contributed by atoms with Gasteiger partial charge in [0.15, 0.2) is 12.6 Å². The second-order valence-electron chi connectivity index (χ2n) is 17.9. The zero-order chi connectivity index (χ0) is 46.8. The molecule has 60 heavy (non-hydrogen) atoms. The number of carboxylic acid groups (broad SMARTS) is 2. The van der Waals surface area contributed by atoms with Gasteiger partial charge in [0.25, 0.3) is 5.97 Å². The van der Waals surface area contributed by atoms with Crippen molar-refractivity contribution in [3.8, 4) is 0 Å². The van der Waals surface area contributed by atoms with E-state index in [1.807, 2.05) is 32.8 Å². The molecule has 0 amide bonds. The summed E-state index contributed by atoms with van der Waals surface area (Å²) < 4.78 is 37.2. The average molecular weight is 867 g/mol. The number of rotatable bonds is 8. The van der Waals surface area contributed by atoms with Gasteiger partial charge in [-0.3, -0.25) is 14.4 Å². The molecule has 0 saturated carbocycles. The summed E-state index contributed by atoms with van der Waals surface area (Å²) in [6.07, 6.45) is -9.12. The van der Waals surface area contributed by atoms with Crippen molar-refractivity contribution < 1.29 is 83.3 Å². The standard InChI is InChI=1S/C38H69NO13.2C2H4O2/c1-14-15-26-38(10,46)31(42)21(4)28(40)19(2)17-36(8,45)33(52-35-29(41)25(39(11)12)16-20(3)48-35)22(5)30(23(6)34(44)50-26)51-27-18-37(9,47-13)32(43)24(7)49-27;2*1-2(3)4/h19-27,29-33,35,41-43,45-46H,14-18H2,1-13H3;2*1H3,(H,3,4)/p-1/t19-,20?,21+,22+,23-,24?,25?,26-,27?,29?,30+,31-,32?,33-,35?,36-,37?,38-;;/m1../s1. The lowest BCUT2D eigenvalue weighted by Gasteiger charge is -2.49. The van der Waals surface area contributed by atoms with Crippen LogP contribution in [0.5, 0.6) is 0 Å². The van der Waals surface area contributed by atoms with Crippen molar-refractivity contribution in [2.24, 2.45) is 23.7 Å². The number of likely N-dealkylation sites (N-methyl/N-ethyl adjacent to an activating group) is 1. The van der Waals surface area contributed by atoms with Crippen molar-refractivity contribution in [3.05, 3.63) is 0 Å². The molecule has 3 rings (SSSR count). The molecule has 18 nitrogen and oxygen atoms in total. The molecule has 8 unspecified atom stereocenters. The second kappa shape index (κ2) is 23.4. The molecule has 3 aliphatic rings. The van der Waals surface area contributed by atoms with E-state index in [9.17, 15) is 35.1 Å². The van der Waals surface area contributed by atoms with Gasteiger partial charge in [-0.1, -0.05) is 34.1 Å². The van der Waals surface area contributed by atoms with Crippen LogP contribution >= 0.6 is 0 Å². The Morgan fingerprint density at radius 3 is 1.92 bits per heavy atom. The van der Waals surface area contributed by atoms with Crippen LogP contribution < -0.4 is 5.11 Å². The first-order valence-electron chi connectivity index (χ1n) is 20.8. The monoisotopic (exact) mass is 867 g/mol. The van der Waals surface area contributed by atoms with Crippen molar-refractivity contribution in [1.82, 2.24) is 4.90 Å². The van der Waals surface area contributed by atoms with Crippen LogP contribution in [0.2, 0.25) is 0 Å². The van der Waals surface area contributed by atoms with Gasteiger partial charge in [-0.15, -0.1) is 0 Å². The number of ketones is 1. The summed E-state index contributed by atoms with van der Waals surface area (Å²) in [5.74, 6) is -6.88. The summed E-state index contributed by atoms with van der Waals surface area (Å²) in [5, 5.41) is 74.2. The first kappa shape index (κ1) is 55.7. The molecule has 0 aromatic rings. The number of aliphatic hydroxyl groups excluding tert-OH is 3. The van der Waals surface area contributed by atoms with Crippen LogP contribution in [0.1, 0.15) is 115 Å². The smallest absolute Gasteiger partial charge is 0.311 e. The van der Waals surface area contributed by atoms with Gasteiger partial charge in [0.05, 0.1) is 47.6 Å². The SMILES string of the molecule is CC(=O)O.CC(=O)[O-].CCC[C@H]1OC(=O)[C@H](C)[C@@H](OC2CC(C)(OC)C(O)C(C)O2)[C@H](C)[C@@H](OC2OC(C)CC(N(C)C)C2O)[C@](C)(O)C[C@@H](C)C(=O)[C@H](C)[C@@H](O)[C@]1(C)O. The summed E-state index contributed by atoms with van der Waals surface area (Å²) in [7, 11) is 5.18. The molecular weight excluding hydrogens is 790 g/mol. The molecule has 18 atom stereocenters. The van der Waals surface area contributed by atoms with Crippen LogP contribution in [0.3, 0.4) is 0 Å². The van der Waals surface area contributed by atoms with E-state index in [4.69, 9.17) is 48.2 Å². The van der Waals surface area contributed by atoms with Crippen LogP contribution in [-0.2, 0) is 47.6 Å². The number of aliphatic carboxylic acids is 2. The predicted molar refractivity (Wildman–Crippen MR) is 215 cm³/mol. The van der Waals surface area contributed by atoms with E-state index in [-0.39, 0.29) is 31.4 Å². The fourth-order valence-electron chi connectivity index (χ4n) is 8.53. The summed E-state index contributed by atoms with van der Waals surface area (Å²) in [6, 6.07) is -0.324. The molecule has 0 aromatic heterocycles. The van der Waals surface area contributed by atoms with E-state index in [0.29, 0.717) is 12.8 Å². The van der Waals surface area contributed by atoms with Gasteiger partial charge in [-0.05, 0) is 81.8 Å². The lowest BCUT2D eigenvalue weighted by atomic mass is 9.74. The quantitative estimate of drug-likeness (QED) is 0.186. The van der Waals surface area contributed by atoms with Gasteiger partial charge < -0.3 is 73.9 Å². The Balaban J connectivity index is 0.00000206. The van der Waals surface area contributed by atoms with Gasteiger partial charge in [0.1, 0.15) is 29.7 Å². The number of ether oxygens (including phenoxy) is 6. The summed E-state index contributed by atoms with van der Waals surface area (Å²) in [5.41, 5.74) is -4.84. The Labute approximate surface area is 355 Å². The fraction of sp³-hybridized carbons (Fsp3) is 0.905. The minimum atomic E-state index is -1.99. The number of carboxylic acids is 2. The molecule has 18 heteroatoms. The van der Waals surface area contributed by atoms with E-state index in [0.717, 1.165) is 13.8 Å². The Morgan fingerprint density at radius 1 is 0.900 bits per heavy atom. The van der Waals surface area contributed by atoms with Gasteiger partial charge in [0.2, 0.25) is 0 Å². The molecule has 0 aliphatic carbocycles. The number of carbonyl (C=O) groups is 4. The van der Waals surface area contributed by atoms with Crippen LogP contribution in [0.15, 0.2) is 0 Å². The fourth-order valence-corrected chi connectivity index (χ4v) is 8.53. The number of nitrogens with zero attached hydrogens (tertiary/aromatic N) is 1. The Bertz CT molecular complexity index is 1360. The third-order valence-corrected chi connectivity index (χ3v) is 12.0. The molecule has 352 valence electrons. The Hall–Kier alpha value is -2.36. The third kappa shape index (κ3) is 14.9. The van der Waals surface area contributed by atoms with Crippen molar-refractivity contribution in [3.63, 3.8) is 0 Å². The highest BCUT2D eigenvalue weighted by atomic mass is 16.7. The summed E-state index contributed by atoms with van der Waals surface area (Å²) in [4.78, 5) is 47.8. The molecule has 3 aliphatic heterocycles. The molecule has 0 aromatic carbocycles. The highest BCUT2D eigenvalue weighted by molar-refractivity contribution is 5.83. The first-order valence-corrected chi connectivity index (χ1v) is 20.8. The minimum absolute atomic E-state index is 0.0944. The molecule has 3 saturated heterocycles. The maximum Gasteiger partial charge on any atom is 0.311 e. The lowest BCUT2D eigenvalue weighted by Crippen LogP contribution is -2.61. The Morgan fingerprint density at radius 2 is 1.43 bits per heavy atom. The minimum Gasteiger partial charge on any atom is -0.550 e. The maximum atomic E-state index is 14.2. The molecular formula is C42H76NO17-. The molecule has 0 spiro atoms. The third-order valence-electron chi connectivity index (χ3n) is 12.0. The van der Waals surface area contributed by atoms with Gasteiger partial charge in [0, 0.05) is 50.2 Å². The van der Waals surface area contributed by atoms with Crippen LogP contribution in [0.25, 0.3) is 0 Å². The van der Waals surface area contributed by atoms with E-state index in [1.165, 1.54) is 27.9 Å². The number of cyclic esters (lactones) is 1. The molecule has 3 fully saturated rings. The maximum absolute atomic E-state index is 14.2. The highest BCUT2D eigenvalue weighted by Gasteiger charge is 2.53. The number of methoxy groups -OCH3 is 1. The molecule has 0 radical (unpaired) electrons. The topological polar surface area (TPSA) is 271 Å². The number of aliphatic hydroxyl groups is 5. The van der Waals surface area contributed by atoms with Gasteiger partial charge >= 0.3 is 5.97 Å². The number of esters is 1. The first-order chi connectivity index (χ1) is 27.4. The highest BCUT2D eigenvalue weighted by Crippen LogP contribution is 2.41. The lowest BCUT2D eigenvalue weighted by molar-refractivity contribution is -0.318. The van der Waals surface area contributed by atoms with Crippen molar-refractivity contribution in [1.29, 1.82) is 0 Å². The molecule has 3 heterocycles. The van der Waals surface area contributed by atoms with Crippen molar-refractivity contribution in [2.45, 2.75) is 199 Å². The normalized spacial score (nSPS) is 43.3. The van der Waals surface area contributed by atoms with E-state index in [1.54, 1.807) is 34.6 Å². The largest absolute Gasteiger partial charge is 0.550 e. The zero-order valence-corrected chi connectivity index (χ0v) is 38.3. The Kier molecular flexibility index (Phi) is 21.7. The number of hydrogen-bond donors (Lipinski definition) is 6. The number of carbonyl (C=O) groups excluding carboxylic acids is 3. The zero-order valence-electron chi connectivity index (χ0n) is 38.3. The van der Waals surface area contributed by atoms with Crippen LogP contribution in [-0.4, -0.2) is 165 Å². The van der Waals surface area contributed by atoms with Gasteiger partial charge in [-0.25, -0.2) is 0 Å². The van der Waals surface area contributed by atoms with E-state index in [2.05, 4.69) is 0 Å². The summed E-state index contributed by atoms with van der Waals surface area (Å²) >= 11 is 0. The average Bonchev–Trinajstić information content (AvgIpc) is 3.13. The number of hydrogen-bond acceptors (Lipinski definition) is 17. The summed E-state index contributed by atoms with van der Waals surface area (Å²) in [6.45, 7) is 18.6. The van der Waals surface area contributed by atoms with Crippen LogP contribution in [0.4, 0.5) is 0 Å². The number of Topliss-reactive ketones (excluding diaryl/α,β-unsaturated/α-hetero) is 1. The predicted octanol–water partition coefficient (Wildman–Crippen LogP) is 1.02. The molecule has 6 N–H and O–H groups in total. The second-order valence-corrected chi connectivity index (χ2v) is 17.9. The van der Waals surface area contributed by atoms with Crippen molar-refractivity contribution >= 4 is 23.7 Å². The van der Waals surface area contributed by atoms with Crippen LogP contribution in [0, 0.1) is 23.7 Å².